The van der Waals surface area contributed by atoms with E-state index in [1.54, 1.807) is 0 Å². The lowest BCUT2D eigenvalue weighted by atomic mass is 10.0. The molecule has 0 fully saturated rings. The van der Waals surface area contributed by atoms with Gasteiger partial charge in [0.05, 0.1) is 5.69 Å². The van der Waals surface area contributed by atoms with E-state index in [4.69, 9.17) is 17.2 Å². The molecular formula is C23H35Cl2N5O. The maximum atomic E-state index is 12.0. The van der Waals surface area contributed by atoms with Crippen molar-refractivity contribution in [3.05, 3.63) is 59.7 Å². The molecule has 0 saturated carbocycles. The van der Waals surface area contributed by atoms with Crippen LogP contribution in [0.3, 0.4) is 0 Å². The second-order valence-electron chi connectivity index (χ2n) is 7.25. The molecule has 0 aliphatic carbocycles. The molecule has 0 heterocycles. The summed E-state index contributed by atoms with van der Waals surface area (Å²) in [5.41, 5.74) is 20.3. The van der Waals surface area contributed by atoms with E-state index in [1.807, 2.05) is 36.4 Å². The normalized spacial score (nSPS) is 9.84. The van der Waals surface area contributed by atoms with Gasteiger partial charge in [0.25, 0.3) is 0 Å². The van der Waals surface area contributed by atoms with Crippen LogP contribution in [0.5, 0.6) is 0 Å². The number of anilines is 1. The smallest absolute Gasteiger partial charge is 0.224 e. The number of nitrogens with zero attached hydrogens (tertiary/aromatic N) is 1. The fourth-order valence-corrected chi connectivity index (χ4v) is 3.11. The lowest BCUT2D eigenvalue weighted by molar-refractivity contribution is -0.116. The van der Waals surface area contributed by atoms with Crippen LogP contribution in [0.15, 0.2) is 53.5 Å². The fourth-order valence-electron chi connectivity index (χ4n) is 3.11. The van der Waals surface area contributed by atoms with Gasteiger partial charge in [0.1, 0.15) is 0 Å². The van der Waals surface area contributed by atoms with Crippen LogP contribution in [0, 0.1) is 0 Å². The number of nitrogens with one attached hydrogen (secondary N) is 1. The molecule has 2 aromatic rings. The van der Waals surface area contributed by atoms with E-state index < -0.39 is 0 Å². The number of guanidine groups is 1. The van der Waals surface area contributed by atoms with Crippen molar-refractivity contribution in [2.45, 2.75) is 51.4 Å². The number of nitrogens with two attached hydrogens (primary N) is 3. The van der Waals surface area contributed by atoms with Crippen molar-refractivity contribution in [2.24, 2.45) is 22.2 Å². The zero-order valence-electron chi connectivity index (χ0n) is 17.9. The summed E-state index contributed by atoms with van der Waals surface area (Å²) in [4.78, 5) is 16.1. The first-order valence-electron chi connectivity index (χ1n) is 10.3. The highest BCUT2D eigenvalue weighted by Gasteiger charge is 2.03. The molecule has 0 aliphatic heterocycles. The number of halogens is 2. The Morgan fingerprint density at radius 2 is 1.29 bits per heavy atom. The fraction of sp³-hybridized carbons (Fsp3) is 0.391. The Kier molecular flexibility index (Phi) is 15.2. The lowest BCUT2D eigenvalue weighted by Crippen LogP contribution is -2.21. The molecule has 0 unspecified atom stereocenters. The number of carbonyl (C=O) groups is 1. The highest BCUT2D eigenvalue weighted by Crippen LogP contribution is 2.16. The van der Waals surface area contributed by atoms with Gasteiger partial charge in [-0.3, -0.25) is 4.79 Å². The van der Waals surface area contributed by atoms with Gasteiger partial charge in [-0.2, -0.15) is 0 Å². The number of aliphatic imine (C=N–C) groups is 1. The number of unbranched alkanes of at least 4 members (excludes halogenated alkanes) is 4. The summed E-state index contributed by atoms with van der Waals surface area (Å²) >= 11 is 0. The minimum absolute atomic E-state index is 0. The summed E-state index contributed by atoms with van der Waals surface area (Å²) in [5, 5.41) is 2.97. The van der Waals surface area contributed by atoms with Gasteiger partial charge < -0.3 is 22.5 Å². The van der Waals surface area contributed by atoms with E-state index in [1.165, 1.54) is 11.1 Å². The average Bonchev–Trinajstić information content (AvgIpc) is 2.71. The van der Waals surface area contributed by atoms with E-state index in [2.05, 4.69) is 22.4 Å². The van der Waals surface area contributed by atoms with Gasteiger partial charge >= 0.3 is 0 Å². The van der Waals surface area contributed by atoms with Crippen molar-refractivity contribution in [1.29, 1.82) is 0 Å². The molecule has 2 rings (SSSR count). The topological polar surface area (TPSA) is 120 Å². The van der Waals surface area contributed by atoms with Crippen LogP contribution in [0.4, 0.5) is 11.4 Å². The largest absolute Gasteiger partial charge is 0.370 e. The zero-order valence-corrected chi connectivity index (χ0v) is 19.5. The molecule has 0 bridgehead atoms. The zero-order chi connectivity index (χ0) is 20.9. The summed E-state index contributed by atoms with van der Waals surface area (Å²) < 4.78 is 0. The monoisotopic (exact) mass is 467 g/mol. The van der Waals surface area contributed by atoms with E-state index >= 15 is 0 Å². The van der Waals surface area contributed by atoms with Crippen LogP contribution in [0.2, 0.25) is 0 Å². The molecule has 8 heteroatoms. The van der Waals surface area contributed by atoms with Gasteiger partial charge in [0.2, 0.25) is 5.91 Å². The molecule has 7 N–H and O–H groups in total. The highest BCUT2D eigenvalue weighted by molar-refractivity contribution is 5.90. The summed E-state index contributed by atoms with van der Waals surface area (Å²) in [6.45, 7) is 0.752. The Balaban J connectivity index is 0.00000450. The quantitative estimate of drug-likeness (QED) is 0.209. The Hall–Kier alpha value is -2.28. The number of benzene rings is 2. The molecule has 0 aromatic heterocycles. The van der Waals surface area contributed by atoms with Gasteiger partial charge in [-0.1, -0.05) is 43.5 Å². The summed E-state index contributed by atoms with van der Waals surface area (Å²) in [7, 11) is 0. The Labute approximate surface area is 197 Å². The minimum atomic E-state index is 0. The second kappa shape index (κ2) is 16.4. The maximum absolute atomic E-state index is 12.0. The summed E-state index contributed by atoms with van der Waals surface area (Å²) in [6.07, 6.45) is 7.81. The van der Waals surface area contributed by atoms with Crippen LogP contribution in [0.1, 0.15) is 49.7 Å². The molecule has 6 nitrogen and oxygen atoms in total. The minimum Gasteiger partial charge on any atom is -0.370 e. The van der Waals surface area contributed by atoms with E-state index in [9.17, 15) is 4.79 Å². The van der Waals surface area contributed by atoms with E-state index in [0.29, 0.717) is 6.42 Å². The Bertz CT molecular complexity index is 776. The highest BCUT2D eigenvalue weighted by atomic mass is 35.5. The van der Waals surface area contributed by atoms with Crippen LogP contribution in [0.25, 0.3) is 0 Å². The molecule has 0 atom stereocenters. The number of rotatable bonds is 12. The van der Waals surface area contributed by atoms with Crippen LogP contribution in [-0.4, -0.2) is 18.4 Å². The van der Waals surface area contributed by atoms with Gasteiger partial charge in [0, 0.05) is 12.1 Å². The standard InChI is InChI=1S/C23H33N5O.2ClH/c24-17-5-3-1-2-4-6-22(29)27-20-13-9-18(10-14-20)7-8-19-11-15-21(16-12-19)28-23(25)26;;/h9-16H,1-8,17,24H2,(H,27,29)(H4,25,26,28);2*1H. The van der Waals surface area contributed by atoms with Crippen molar-refractivity contribution < 1.29 is 4.79 Å². The van der Waals surface area contributed by atoms with Crippen LogP contribution < -0.4 is 22.5 Å². The molecule has 0 radical (unpaired) electrons. The summed E-state index contributed by atoms with van der Waals surface area (Å²) in [5.74, 6) is 0.143. The molecule has 0 saturated heterocycles. The number of hydrogen-bond acceptors (Lipinski definition) is 3. The first-order valence-corrected chi connectivity index (χ1v) is 10.3. The third-order valence-electron chi connectivity index (χ3n) is 4.74. The van der Waals surface area contributed by atoms with Gasteiger partial charge in [0.15, 0.2) is 5.96 Å². The van der Waals surface area contributed by atoms with Crippen LogP contribution in [-0.2, 0) is 17.6 Å². The second-order valence-corrected chi connectivity index (χ2v) is 7.25. The van der Waals surface area contributed by atoms with Gasteiger partial charge in [-0.15, -0.1) is 24.8 Å². The Morgan fingerprint density at radius 1 is 0.774 bits per heavy atom. The van der Waals surface area contributed by atoms with Crippen molar-refractivity contribution in [2.75, 3.05) is 11.9 Å². The molecule has 0 aliphatic rings. The molecule has 2 aromatic carbocycles. The molecule has 31 heavy (non-hydrogen) atoms. The van der Waals surface area contributed by atoms with Crippen LogP contribution >= 0.6 is 24.8 Å². The van der Waals surface area contributed by atoms with Gasteiger partial charge in [-0.05, 0) is 67.6 Å². The molecule has 172 valence electrons. The molecule has 0 spiro atoms. The number of hydrogen-bond donors (Lipinski definition) is 4. The Morgan fingerprint density at radius 3 is 1.84 bits per heavy atom. The maximum Gasteiger partial charge on any atom is 0.224 e. The lowest BCUT2D eigenvalue weighted by Gasteiger charge is -2.07. The predicted octanol–water partition coefficient (Wildman–Crippen LogP) is 4.46. The summed E-state index contributed by atoms with van der Waals surface area (Å²) in [6, 6.07) is 16.0. The van der Waals surface area contributed by atoms with Crippen molar-refractivity contribution in [3.63, 3.8) is 0 Å². The van der Waals surface area contributed by atoms with Crippen molar-refractivity contribution >= 4 is 48.1 Å². The van der Waals surface area contributed by atoms with Crippen molar-refractivity contribution in [1.82, 2.24) is 0 Å². The molecular weight excluding hydrogens is 433 g/mol. The third-order valence-corrected chi connectivity index (χ3v) is 4.74. The number of aryl methyl sites for hydroxylation is 2. The van der Waals surface area contributed by atoms with E-state index in [-0.39, 0.29) is 36.7 Å². The first-order chi connectivity index (χ1) is 14.1. The SMILES string of the molecule is Cl.Cl.NCCCCCCCC(=O)Nc1ccc(CCc2ccc(N=C(N)N)cc2)cc1. The predicted molar refractivity (Wildman–Crippen MR) is 136 cm³/mol. The van der Waals surface area contributed by atoms with Gasteiger partial charge in [-0.25, -0.2) is 4.99 Å². The van der Waals surface area contributed by atoms with E-state index in [0.717, 1.165) is 62.9 Å². The average molecular weight is 468 g/mol. The van der Waals surface area contributed by atoms with Crippen molar-refractivity contribution in [3.8, 4) is 0 Å². The third kappa shape index (κ3) is 12.2. The number of amides is 1. The first kappa shape index (κ1) is 28.7. The number of carbonyl (C=O) groups excluding carboxylic acids is 1. The molecule has 1 amide bonds.